The first-order valence-corrected chi connectivity index (χ1v) is 6.37. The number of nitrogens with one attached hydrogen (secondary N) is 1. The van der Waals surface area contributed by atoms with Crippen molar-refractivity contribution in [2.75, 3.05) is 19.0 Å². The summed E-state index contributed by atoms with van der Waals surface area (Å²) in [7, 11) is 1.59. The average molecular weight is 292 g/mol. The predicted octanol–water partition coefficient (Wildman–Crippen LogP) is 3.37. The largest absolute Gasteiger partial charge is 0.497 e. The maximum absolute atomic E-state index is 11.7. The van der Waals surface area contributed by atoms with Crippen LogP contribution in [0.15, 0.2) is 48.5 Å². The fourth-order valence-electron chi connectivity index (χ4n) is 1.58. The quantitative estimate of drug-likeness (QED) is 0.919. The lowest BCUT2D eigenvalue weighted by molar-refractivity contribution is -0.118. The summed E-state index contributed by atoms with van der Waals surface area (Å²) >= 11 is 5.84. The van der Waals surface area contributed by atoms with Crippen molar-refractivity contribution < 1.29 is 14.3 Å². The minimum absolute atomic E-state index is 0.0706. The van der Waals surface area contributed by atoms with E-state index in [1.807, 2.05) is 0 Å². The van der Waals surface area contributed by atoms with Crippen molar-refractivity contribution in [1.82, 2.24) is 0 Å². The molecule has 0 saturated carbocycles. The second kappa shape index (κ2) is 6.82. The molecule has 104 valence electrons. The first-order valence-electron chi connectivity index (χ1n) is 5.99. The molecule has 0 spiro atoms. The third-order valence-electron chi connectivity index (χ3n) is 2.54. The van der Waals surface area contributed by atoms with Crippen molar-refractivity contribution in [2.45, 2.75) is 0 Å². The maximum atomic E-state index is 11.7. The van der Waals surface area contributed by atoms with Crippen LogP contribution in [0.2, 0.25) is 5.02 Å². The molecule has 0 aromatic heterocycles. The summed E-state index contributed by atoms with van der Waals surface area (Å²) in [4.78, 5) is 11.7. The minimum atomic E-state index is -0.247. The highest BCUT2D eigenvalue weighted by molar-refractivity contribution is 6.30. The van der Waals surface area contributed by atoms with Gasteiger partial charge >= 0.3 is 0 Å². The van der Waals surface area contributed by atoms with Crippen LogP contribution in [0.25, 0.3) is 0 Å². The number of carbonyl (C=O) groups excluding carboxylic acids is 1. The van der Waals surface area contributed by atoms with Gasteiger partial charge in [0.25, 0.3) is 5.91 Å². The van der Waals surface area contributed by atoms with E-state index in [0.29, 0.717) is 16.5 Å². The molecule has 4 nitrogen and oxygen atoms in total. The molecule has 2 rings (SSSR count). The summed E-state index contributed by atoms with van der Waals surface area (Å²) in [5.74, 6) is 1.09. The van der Waals surface area contributed by atoms with E-state index in [0.717, 1.165) is 5.75 Å². The van der Waals surface area contributed by atoms with Gasteiger partial charge in [-0.3, -0.25) is 4.79 Å². The van der Waals surface area contributed by atoms with Crippen LogP contribution in [0.1, 0.15) is 0 Å². The molecule has 2 aromatic carbocycles. The number of amides is 1. The van der Waals surface area contributed by atoms with E-state index in [-0.39, 0.29) is 12.5 Å². The van der Waals surface area contributed by atoms with Gasteiger partial charge in [0.1, 0.15) is 11.5 Å². The number of methoxy groups -OCH3 is 1. The fourth-order valence-corrected chi connectivity index (χ4v) is 1.77. The number of hydrogen-bond donors (Lipinski definition) is 1. The van der Waals surface area contributed by atoms with E-state index >= 15 is 0 Å². The van der Waals surface area contributed by atoms with Crippen LogP contribution in [0.4, 0.5) is 5.69 Å². The molecule has 0 fully saturated rings. The summed E-state index contributed by atoms with van der Waals surface area (Å²) in [5.41, 5.74) is 0.640. The van der Waals surface area contributed by atoms with Crippen molar-refractivity contribution in [3.8, 4) is 11.5 Å². The number of halogens is 1. The Kier molecular flexibility index (Phi) is 4.85. The molecule has 1 N–H and O–H groups in total. The van der Waals surface area contributed by atoms with Crippen molar-refractivity contribution in [3.05, 3.63) is 53.6 Å². The number of carbonyl (C=O) groups is 1. The number of rotatable bonds is 5. The zero-order valence-corrected chi connectivity index (χ0v) is 11.7. The van der Waals surface area contributed by atoms with E-state index in [9.17, 15) is 4.79 Å². The van der Waals surface area contributed by atoms with Crippen molar-refractivity contribution in [2.24, 2.45) is 0 Å². The molecule has 1 amide bonds. The Morgan fingerprint density at radius 3 is 2.50 bits per heavy atom. The Balaban J connectivity index is 1.85. The Bertz CT molecular complexity index is 584. The summed E-state index contributed by atoms with van der Waals surface area (Å²) in [6.07, 6.45) is 0. The molecule has 5 heteroatoms. The van der Waals surface area contributed by atoms with Gasteiger partial charge in [0.2, 0.25) is 0 Å². The van der Waals surface area contributed by atoms with Crippen LogP contribution in [0.3, 0.4) is 0 Å². The highest BCUT2D eigenvalue weighted by atomic mass is 35.5. The van der Waals surface area contributed by atoms with Gasteiger partial charge in [0, 0.05) is 10.7 Å². The zero-order chi connectivity index (χ0) is 14.4. The molecule has 0 heterocycles. The molecule has 0 aliphatic heterocycles. The van der Waals surface area contributed by atoms with Crippen LogP contribution in [0, 0.1) is 0 Å². The summed E-state index contributed by atoms with van der Waals surface area (Å²) in [6, 6.07) is 14.0. The summed E-state index contributed by atoms with van der Waals surface area (Å²) < 4.78 is 10.4. The van der Waals surface area contributed by atoms with Crippen molar-refractivity contribution in [1.29, 1.82) is 0 Å². The number of anilines is 1. The SMILES string of the molecule is COc1ccc(OCC(=O)Nc2cccc(Cl)c2)cc1. The predicted molar refractivity (Wildman–Crippen MR) is 78.6 cm³/mol. The van der Waals surface area contributed by atoms with Crippen LogP contribution in [0.5, 0.6) is 11.5 Å². The van der Waals surface area contributed by atoms with E-state index < -0.39 is 0 Å². The molecular weight excluding hydrogens is 278 g/mol. The highest BCUT2D eigenvalue weighted by Gasteiger charge is 2.04. The maximum Gasteiger partial charge on any atom is 0.262 e. The van der Waals surface area contributed by atoms with Gasteiger partial charge in [-0.1, -0.05) is 17.7 Å². The normalized spacial score (nSPS) is 9.90. The standard InChI is InChI=1S/C15H14ClNO3/c1-19-13-5-7-14(8-6-13)20-10-15(18)17-12-4-2-3-11(16)9-12/h2-9H,10H2,1H3,(H,17,18). The van der Waals surface area contributed by atoms with Crippen molar-refractivity contribution >= 4 is 23.2 Å². The minimum Gasteiger partial charge on any atom is -0.497 e. The lowest BCUT2D eigenvalue weighted by Crippen LogP contribution is -2.20. The van der Waals surface area contributed by atoms with Crippen LogP contribution in [-0.2, 0) is 4.79 Å². The van der Waals surface area contributed by atoms with E-state index in [2.05, 4.69) is 5.32 Å². The molecule has 0 atom stereocenters. The third kappa shape index (κ3) is 4.17. The molecule has 0 saturated heterocycles. The highest BCUT2D eigenvalue weighted by Crippen LogP contribution is 2.17. The second-order valence-corrected chi connectivity index (χ2v) is 4.46. The first kappa shape index (κ1) is 14.2. The summed E-state index contributed by atoms with van der Waals surface area (Å²) in [6.45, 7) is -0.0706. The first-order chi connectivity index (χ1) is 9.67. The monoisotopic (exact) mass is 291 g/mol. The molecule has 0 bridgehead atoms. The van der Waals surface area contributed by atoms with E-state index in [1.54, 1.807) is 55.6 Å². The molecule has 0 unspecified atom stereocenters. The Morgan fingerprint density at radius 2 is 1.85 bits per heavy atom. The lowest BCUT2D eigenvalue weighted by atomic mass is 10.3. The molecule has 0 aliphatic rings. The van der Waals surface area contributed by atoms with Gasteiger partial charge in [0.05, 0.1) is 7.11 Å². The molecule has 20 heavy (non-hydrogen) atoms. The zero-order valence-electron chi connectivity index (χ0n) is 10.9. The van der Waals surface area contributed by atoms with Crippen LogP contribution in [-0.4, -0.2) is 19.6 Å². The van der Waals surface area contributed by atoms with Gasteiger partial charge in [-0.05, 0) is 42.5 Å². The van der Waals surface area contributed by atoms with Crippen LogP contribution < -0.4 is 14.8 Å². The number of benzene rings is 2. The Labute approximate surface area is 122 Å². The third-order valence-corrected chi connectivity index (χ3v) is 2.77. The molecular formula is C15H14ClNO3. The molecule has 0 radical (unpaired) electrons. The lowest BCUT2D eigenvalue weighted by Gasteiger charge is -2.08. The number of ether oxygens (including phenoxy) is 2. The van der Waals surface area contributed by atoms with Crippen LogP contribution >= 0.6 is 11.6 Å². The Morgan fingerprint density at radius 1 is 1.15 bits per heavy atom. The van der Waals surface area contributed by atoms with Crippen molar-refractivity contribution in [3.63, 3.8) is 0 Å². The van der Waals surface area contributed by atoms with Gasteiger partial charge in [-0.25, -0.2) is 0 Å². The average Bonchev–Trinajstić information content (AvgIpc) is 2.46. The topological polar surface area (TPSA) is 47.6 Å². The number of hydrogen-bond acceptors (Lipinski definition) is 3. The molecule has 0 aliphatic carbocycles. The molecule has 2 aromatic rings. The van der Waals surface area contributed by atoms with Gasteiger partial charge in [0.15, 0.2) is 6.61 Å². The van der Waals surface area contributed by atoms with E-state index in [1.165, 1.54) is 0 Å². The van der Waals surface area contributed by atoms with Gasteiger partial charge < -0.3 is 14.8 Å². The van der Waals surface area contributed by atoms with Gasteiger partial charge in [-0.15, -0.1) is 0 Å². The smallest absolute Gasteiger partial charge is 0.262 e. The fraction of sp³-hybridized carbons (Fsp3) is 0.133. The Hall–Kier alpha value is -2.20. The second-order valence-electron chi connectivity index (χ2n) is 4.02. The van der Waals surface area contributed by atoms with Gasteiger partial charge in [-0.2, -0.15) is 0 Å². The van der Waals surface area contributed by atoms with E-state index in [4.69, 9.17) is 21.1 Å². The summed E-state index contributed by atoms with van der Waals surface area (Å²) in [5, 5.41) is 3.27.